The standard InChI is InChI=1S/C16H23N5O/c1-11(2)7-13-8-14(19-18-13)16(22)21-6-4-5-15(21)12-9-17-20(3)10-12/h8-11,15H,4-7H2,1-3H3,(H,18,19). The molecule has 0 bridgehead atoms. The zero-order chi connectivity index (χ0) is 15.7. The molecule has 1 fully saturated rings. The highest BCUT2D eigenvalue weighted by Gasteiger charge is 2.32. The minimum Gasteiger partial charge on any atom is -0.330 e. The lowest BCUT2D eigenvalue weighted by molar-refractivity contribution is 0.0729. The topological polar surface area (TPSA) is 66.8 Å². The first kappa shape index (κ1) is 14.8. The summed E-state index contributed by atoms with van der Waals surface area (Å²) in [5.41, 5.74) is 2.65. The Morgan fingerprint density at radius 1 is 1.50 bits per heavy atom. The van der Waals surface area contributed by atoms with Gasteiger partial charge in [-0.1, -0.05) is 13.8 Å². The van der Waals surface area contributed by atoms with Crippen LogP contribution in [0.25, 0.3) is 0 Å². The summed E-state index contributed by atoms with van der Waals surface area (Å²) >= 11 is 0. The van der Waals surface area contributed by atoms with Crippen molar-refractivity contribution in [1.82, 2.24) is 24.9 Å². The molecule has 1 atom stereocenters. The van der Waals surface area contributed by atoms with Gasteiger partial charge in [0.15, 0.2) is 0 Å². The van der Waals surface area contributed by atoms with Crippen LogP contribution in [0.5, 0.6) is 0 Å². The molecule has 118 valence electrons. The first-order chi connectivity index (χ1) is 10.5. The highest BCUT2D eigenvalue weighted by atomic mass is 16.2. The summed E-state index contributed by atoms with van der Waals surface area (Å²) in [6.45, 7) is 5.09. The average molecular weight is 301 g/mol. The van der Waals surface area contributed by atoms with Crippen LogP contribution in [0.2, 0.25) is 0 Å². The number of amides is 1. The second-order valence-electron chi connectivity index (χ2n) is 6.48. The van der Waals surface area contributed by atoms with Crippen LogP contribution >= 0.6 is 0 Å². The molecule has 1 unspecified atom stereocenters. The summed E-state index contributed by atoms with van der Waals surface area (Å²) in [4.78, 5) is 14.7. The van der Waals surface area contributed by atoms with Crippen LogP contribution < -0.4 is 0 Å². The normalized spacial score (nSPS) is 18.4. The van der Waals surface area contributed by atoms with Crippen molar-refractivity contribution < 1.29 is 4.79 Å². The molecular formula is C16H23N5O. The molecular weight excluding hydrogens is 278 g/mol. The number of aromatic nitrogens is 4. The van der Waals surface area contributed by atoms with Gasteiger partial charge in [-0.05, 0) is 31.2 Å². The third-order valence-electron chi connectivity index (χ3n) is 4.10. The monoisotopic (exact) mass is 301 g/mol. The van der Waals surface area contributed by atoms with Gasteiger partial charge in [-0.15, -0.1) is 0 Å². The van der Waals surface area contributed by atoms with E-state index >= 15 is 0 Å². The minimum atomic E-state index is 0.0117. The Hall–Kier alpha value is -2.11. The summed E-state index contributed by atoms with van der Waals surface area (Å²) in [6.07, 6.45) is 6.76. The summed E-state index contributed by atoms with van der Waals surface area (Å²) in [5, 5.41) is 11.4. The number of carbonyl (C=O) groups is 1. The van der Waals surface area contributed by atoms with Gasteiger partial charge in [-0.25, -0.2) is 0 Å². The van der Waals surface area contributed by atoms with Gasteiger partial charge in [0.25, 0.3) is 5.91 Å². The Bertz CT molecular complexity index is 657. The van der Waals surface area contributed by atoms with E-state index in [1.165, 1.54) is 0 Å². The fourth-order valence-electron chi connectivity index (χ4n) is 3.13. The van der Waals surface area contributed by atoms with E-state index in [0.29, 0.717) is 11.6 Å². The predicted octanol–water partition coefficient (Wildman–Crippen LogP) is 2.32. The molecule has 0 aromatic carbocycles. The van der Waals surface area contributed by atoms with Gasteiger partial charge in [0.2, 0.25) is 0 Å². The smallest absolute Gasteiger partial charge is 0.274 e. The number of rotatable bonds is 4. The van der Waals surface area contributed by atoms with Crippen LogP contribution in [-0.2, 0) is 13.5 Å². The van der Waals surface area contributed by atoms with Crippen LogP contribution in [0, 0.1) is 5.92 Å². The van der Waals surface area contributed by atoms with E-state index in [0.717, 1.165) is 37.1 Å². The van der Waals surface area contributed by atoms with Gasteiger partial charge in [-0.3, -0.25) is 14.6 Å². The maximum atomic E-state index is 12.8. The summed E-state index contributed by atoms with van der Waals surface area (Å²) < 4.78 is 1.78. The van der Waals surface area contributed by atoms with Gasteiger partial charge in [0, 0.05) is 31.0 Å². The molecule has 2 aromatic heterocycles. The Kier molecular flexibility index (Phi) is 4.00. The Morgan fingerprint density at radius 2 is 2.32 bits per heavy atom. The van der Waals surface area contributed by atoms with Crippen molar-refractivity contribution >= 4 is 5.91 Å². The van der Waals surface area contributed by atoms with E-state index < -0.39 is 0 Å². The van der Waals surface area contributed by atoms with E-state index in [2.05, 4.69) is 29.1 Å². The van der Waals surface area contributed by atoms with Gasteiger partial charge >= 0.3 is 0 Å². The molecule has 0 spiro atoms. The molecule has 1 aliphatic rings. The molecule has 1 amide bonds. The van der Waals surface area contributed by atoms with Crippen molar-refractivity contribution in [2.45, 2.75) is 39.2 Å². The molecule has 22 heavy (non-hydrogen) atoms. The van der Waals surface area contributed by atoms with E-state index in [9.17, 15) is 4.79 Å². The van der Waals surface area contributed by atoms with E-state index in [4.69, 9.17) is 0 Å². The molecule has 3 heterocycles. The van der Waals surface area contributed by atoms with Crippen LogP contribution in [0.4, 0.5) is 0 Å². The number of hydrogen-bond donors (Lipinski definition) is 1. The first-order valence-corrected chi connectivity index (χ1v) is 7.88. The van der Waals surface area contributed by atoms with Crippen molar-refractivity contribution in [2.24, 2.45) is 13.0 Å². The third-order valence-corrected chi connectivity index (χ3v) is 4.10. The molecule has 0 aliphatic carbocycles. The fraction of sp³-hybridized carbons (Fsp3) is 0.562. The largest absolute Gasteiger partial charge is 0.330 e. The van der Waals surface area contributed by atoms with Crippen LogP contribution in [0.15, 0.2) is 18.5 Å². The van der Waals surface area contributed by atoms with Crippen molar-refractivity contribution in [1.29, 1.82) is 0 Å². The molecule has 6 nitrogen and oxygen atoms in total. The predicted molar refractivity (Wildman–Crippen MR) is 83.3 cm³/mol. The zero-order valence-electron chi connectivity index (χ0n) is 13.4. The Labute approximate surface area is 130 Å². The zero-order valence-corrected chi connectivity index (χ0v) is 13.4. The lowest BCUT2D eigenvalue weighted by Gasteiger charge is -2.22. The molecule has 0 saturated carbocycles. The summed E-state index contributed by atoms with van der Waals surface area (Å²) in [7, 11) is 1.90. The lowest BCUT2D eigenvalue weighted by atomic mass is 10.1. The second-order valence-corrected chi connectivity index (χ2v) is 6.48. The highest BCUT2D eigenvalue weighted by molar-refractivity contribution is 5.92. The number of hydrogen-bond acceptors (Lipinski definition) is 3. The Balaban J connectivity index is 1.77. The van der Waals surface area contributed by atoms with Gasteiger partial charge in [0.1, 0.15) is 5.69 Å². The number of aryl methyl sites for hydroxylation is 1. The van der Waals surface area contributed by atoms with E-state index in [1.807, 2.05) is 30.4 Å². The molecule has 6 heteroatoms. The minimum absolute atomic E-state index is 0.0117. The quantitative estimate of drug-likeness (QED) is 0.942. The molecule has 1 aliphatic heterocycles. The van der Waals surface area contributed by atoms with Gasteiger partial charge in [-0.2, -0.15) is 10.2 Å². The maximum absolute atomic E-state index is 12.8. The van der Waals surface area contributed by atoms with Crippen molar-refractivity contribution in [3.63, 3.8) is 0 Å². The Morgan fingerprint density at radius 3 is 3.00 bits per heavy atom. The van der Waals surface area contributed by atoms with Crippen molar-refractivity contribution in [2.75, 3.05) is 6.54 Å². The number of H-pyrrole nitrogens is 1. The molecule has 3 rings (SSSR count). The van der Waals surface area contributed by atoms with Crippen LogP contribution in [-0.4, -0.2) is 37.3 Å². The molecule has 1 N–H and O–H groups in total. The third kappa shape index (κ3) is 2.91. The molecule has 1 saturated heterocycles. The lowest BCUT2D eigenvalue weighted by Crippen LogP contribution is -2.30. The SMILES string of the molecule is CC(C)Cc1cc(C(=O)N2CCCC2c2cnn(C)c2)n[nH]1. The van der Waals surface area contributed by atoms with Gasteiger partial charge in [0.05, 0.1) is 12.2 Å². The van der Waals surface area contributed by atoms with Crippen LogP contribution in [0.1, 0.15) is 54.5 Å². The van der Waals surface area contributed by atoms with E-state index in [-0.39, 0.29) is 11.9 Å². The van der Waals surface area contributed by atoms with Crippen molar-refractivity contribution in [3.05, 3.63) is 35.4 Å². The van der Waals surface area contributed by atoms with Crippen LogP contribution in [0.3, 0.4) is 0 Å². The number of carbonyl (C=O) groups excluding carboxylic acids is 1. The summed E-state index contributed by atoms with van der Waals surface area (Å²) in [6, 6.07) is 2.01. The van der Waals surface area contributed by atoms with E-state index in [1.54, 1.807) is 4.68 Å². The maximum Gasteiger partial charge on any atom is 0.274 e. The highest BCUT2D eigenvalue weighted by Crippen LogP contribution is 2.32. The number of nitrogens with one attached hydrogen (secondary N) is 1. The first-order valence-electron chi connectivity index (χ1n) is 7.88. The summed E-state index contributed by atoms with van der Waals surface area (Å²) in [5.74, 6) is 0.552. The molecule has 0 radical (unpaired) electrons. The molecule has 2 aromatic rings. The van der Waals surface area contributed by atoms with Crippen molar-refractivity contribution in [3.8, 4) is 0 Å². The van der Waals surface area contributed by atoms with Gasteiger partial charge < -0.3 is 4.90 Å². The fourth-order valence-corrected chi connectivity index (χ4v) is 3.13. The average Bonchev–Trinajstić information content (AvgIpc) is 3.16. The number of likely N-dealkylation sites (tertiary alicyclic amines) is 1. The second kappa shape index (κ2) is 5.94. The number of aromatic amines is 1. The number of nitrogens with zero attached hydrogens (tertiary/aromatic N) is 4.